The van der Waals surface area contributed by atoms with Gasteiger partial charge in [-0.05, 0) is 44.9 Å². The minimum Gasteiger partial charge on any atom is -0.507 e. The molecule has 2 aliphatic heterocycles. The number of Topliss-reactive ketones (excluding diaryl/α,β-unsaturated/α-hetero) is 1. The van der Waals surface area contributed by atoms with E-state index in [2.05, 4.69) is 15.6 Å². The van der Waals surface area contributed by atoms with Crippen LogP contribution in [0.25, 0.3) is 0 Å². The number of carbonyl (C=O) groups excluding carboxylic acids is 6. The molecule has 7 rings (SSSR count). The topological polar surface area (TPSA) is 271 Å². The van der Waals surface area contributed by atoms with E-state index in [4.69, 9.17) is 14.2 Å². The Morgan fingerprint density at radius 2 is 1.76 bits per heavy atom. The van der Waals surface area contributed by atoms with Gasteiger partial charge in [0, 0.05) is 60.5 Å². The standard InChI is InChI=1S/C41H44N4O14/c1-18(43-38(53)20-9-11-42-12-10-20)40(55)45-13-5-7-24(45)39(54)44-23-14-28(58-19(2)33(23)48)59-26-16-41(56,27(47)17-46)15-22-30(26)37(52)32-31(35(22)50)34(49)21-6-4-8-25(57-3)29(21)36(32)51/h4,6,8-12,18-19,23-24,26,28,33,46,48,50,52,56H,5,7,13-17H2,1-3H3,(H,43,53)(H,44,54)/t18-,19+,23+,24-,26+,28+,33-,41+/m1/s1. The molecule has 59 heavy (non-hydrogen) atoms. The van der Waals surface area contributed by atoms with Gasteiger partial charge in [0.25, 0.3) is 5.91 Å². The fraction of sp³-hybridized carbons (Fsp3) is 0.439. The molecule has 3 heterocycles. The number of benzene rings is 2. The average Bonchev–Trinajstić information content (AvgIpc) is 3.72. The van der Waals surface area contributed by atoms with E-state index in [0.717, 1.165) is 0 Å². The van der Waals surface area contributed by atoms with E-state index >= 15 is 0 Å². The van der Waals surface area contributed by atoms with Crippen molar-refractivity contribution < 1.29 is 68.5 Å². The zero-order valence-corrected chi connectivity index (χ0v) is 32.3. The van der Waals surface area contributed by atoms with Crippen LogP contribution >= 0.6 is 0 Å². The molecule has 1 aromatic heterocycles. The summed E-state index contributed by atoms with van der Waals surface area (Å²) in [5, 5.41) is 61.5. The van der Waals surface area contributed by atoms with Crippen LogP contribution in [0.4, 0.5) is 0 Å². The summed E-state index contributed by atoms with van der Waals surface area (Å²) in [6.45, 7) is 2.16. The number of rotatable bonds is 10. The molecule has 2 aromatic carbocycles. The fourth-order valence-corrected chi connectivity index (χ4v) is 8.53. The second-order valence-electron chi connectivity index (χ2n) is 15.2. The Bertz CT molecular complexity index is 2230. The van der Waals surface area contributed by atoms with Gasteiger partial charge < -0.3 is 55.3 Å². The maximum absolute atomic E-state index is 14.0. The summed E-state index contributed by atoms with van der Waals surface area (Å²) in [6, 6.07) is 4.33. The Hall–Kier alpha value is -5.79. The molecule has 2 fully saturated rings. The van der Waals surface area contributed by atoms with Crippen molar-refractivity contribution in [1.82, 2.24) is 20.5 Å². The van der Waals surface area contributed by atoms with Crippen molar-refractivity contribution in [3.63, 3.8) is 0 Å². The molecule has 312 valence electrons. The van der Waals surface area contributed by atoms with Crippen LogP contribution in [0.15, 0.2) is 42.7 Å². The lowest BCUT2D eigenvalue weighted by Gasteiger charge is -2.43. The molecule has 2 aliphatic carbocycles. The zero-order chi connectivity index (χ0) is 42.5. The third-order valence-corrected chi connectivity index (χ3v) is 11.6. The highest BCUT2D eigenvalue weighted by atomic mass is 16.7. The molecule has 7 N–H and O–H groups in total. The van der Waals surface area contributed by atoms with Gasteiger partial charge in [-0.1, -0.05) is 12.1 Å². The number of nitrogens with one attached hydrogen (secondary N) is 2. The van der Waals surface area contributed by atoms with E-state index in [1.165, 1.54) is 68.6 Å². The number of aliphatic hydroxyl groups excluding tert-OH is 2. The number of aliphatic hydroxyl groups is 3. The molecule has 0 bridgehead atoms. The third kappa shape index (κ3) is 7.31. The van der Waals surface area contributed by atoms with Crippen LogP contribution in [-0.4, -0.2) is 133 Å². The number of hydrogen-bond donors (Lipinski definition) is 7. The van der Waals surface area contributed by atoms with Crippen LogP contribution < -0.4 is 15.4 Å². The van der Waals surface area contributed by atoms with Gasteiger partial charge in [0.15, 0.2) is 17.9 Å². The van der Waals surface area contributed by atoms with E-state index in [9.17, 15) is 54.3 Å². The molecule has 2 saturated heterocycles. The molecule has 0 spiro atoms. The summed E-state index contributed by atoms with van der Waals surface area (Å²) in [5.41, 5.74) is -3.92. The molecule has 0 unspecified atom stereocenters. The number of phenolic OH excluding ortho intramolecular Hbond substituents is 2. The highest BCUT2D eigenvalue weighted by Crippen LogP contribution is 2.52. The summed E-state index contributed by atoms with van der Waals surface area (Å²) in [4.78, 5) is 86.0. The van der Waals surface area contributed by atoms with Crippen molar-refractivity contribution in [2.45, 2.75) is 94.3 Å². The molecule has 0 saturated carbocycles. The lowest BCUT2D eigenvalue weighted by atomic mass is 9.72. The molecule has 18 heteroatoms. The Kier molecular flexibility index (Phi) is 11.3. The first-order chi connectivity index (χ1) is 28.1. The second-order valence-corrected chi connectivity index (χ2v) is 15.2. The van der Waals surface area contributed by atoms with Crippen LogP contribution in [0.1, 0.15) is 99.0 Å². The van der Waals surface area contributed by atoms with Gasteiger partial charge in [0.1, 0.15) is 47.6 Å². The lowest BCUT2D eigenvalue weighted by Crippen LogP contribution is -2.59. The van der Waals surface area contributed by atoms with Crippen LogP contribution in [0, 0.1) is 0 Å². The first-order valence-corrected chi connectivity index (χ1v) is 19.1. The quantitative estimate of drug-likeness (QED) is 0.107. The Balaban J connectivity index is 1.14. The average molecular weight is 817 g/mol. The van der Waals surface area contributed by atoms with Crippen molar-refractivity contribution in [2.24, 2.45) is 0 Å². The van der Waals surface area contributed by atoms with Crippen LogP contribution in [0.3, 0.4) is 0 Å². The summed E-state index contributed by atoms with van der Waals surface area (Å²) in [7, 11) is 1.30. The number of ether oxygens (including phenoxy) is 3. The van der Waals surface area contributed by atoms with Gasteiger partial charge in [0.2, 0.25) is 17.6 Å². The minimum absolute atomic E-state index is 0.0439. The van der Waals surface area contributed by atoms with Crippen LogP contribution in [0.2, 0.25) is 0 Å². The predicted molar refractivity (Wildman–Crippen MR) is 202 cm³/mol. The van der Waals surface area contributed by atoms with E-state index in [1.807, 2.05) is 0 Å². The first kappa shape index (κ1) is 41.4. The van der Waals surface area contributed by atoms with Crippen molar-refractivity contribution in [3.05, 3.63) is 81.7 Å². The highest BCUT2D eigenvalue weighted by Gasteiger charge is 2.51. The number of likely N-dealkylation sites (tertiary alicyclic amines) is 1. The molecule has 0 radical (unpaired) electrons. The summed E-state index contributed by atoms with van der Waals surface area (Å²) in [5.74, 6) is -5.77. The smallest absolute Gasteiger partial charge is 0.252 e. The summed E-state index contributed by atoms with van der Waals surface area (Å²) in [6.07, 6.45) is -2.91. The highest BCUT2D eigenvalue weighted by molar-refractivity contribution is 6.31. The number of aromatic hydroxyl groups is 2. The van der Waals surface area contributed by atoms with Crippen molar-refractivity contribution in [3.8, 4) is 17.2 Å². The fourth-order valence-electron chi connectivity index (χ4n) is 8.53. The van der Waals surface area contributed by atoms with Gasteiger partial charge in [0.05, 0.1) is 42.0 Å². The number of aromatic nitrogens is 1. The van der Waals surface area contributed by atoms with Gasteiger partial charge in [-0.3, -0.25) is 33.8 Å². The number of amides is 3. The number of methoxy groups -OCH3 is 1. The maximum atomic E-state index is 14.0. The predicted octanol–water partition coefficient (Wildman–Crippen LogP) is 0.363. The number of fused-ring (bicyclic) bond motifs is 3. The Morgan fingerprint density at radius 3 is 2.46 bits per heavy atom. The number of phenols is 2. The lowest BCUT2D eigenvalue weighted by molar-refractivity contribution is -0.249. The minimum atomic E-state index is -2.38. The van der Waals surface area contributed by atoms with Gasteiger partial charge in [-0.15, -0.1) is 0 Å². The third-order valence-electron chi connectivity index (χ3n) is 11.6. The SMILES string of the molecule is COc1cccc2c1C(=O)c1c(O)c3c(c(O)c1C2=O)C[C@@](O)(C(=O)CO)C[C@@H]3O[C@H]1C[C@H](NC(=O)[C@H]2CCCN2C(=O)[C@@H](C)NC(=O)c2ccncc2)[C@H](O)[C@H](C)O1. The van der Waals surface area contributed by atoms with Crippen molar-refractivity contribution in [1.29, 1.82) is 0 Å². The van der Waals surface area contributed by atoms with E-state index in [-0.39, 0.29) is 41.0 Å². The maximum Gasteiger partial charge on any atom is 0.252 e. The summed E-state index contributed by atoms with van der Waals surface area (Å²) >= 11 is 0. The number of hydrogen-bond acceptors (Lipinski definition) is 15. The first-order valence-electron chi connectivity index (χ1n) is 19.1. The molecule has 4 aliphatic rings. The number of ketones is 3. The molecular weight excluding hydrogens is 772 g/mol. The van der Waals surface area contributed by atoms with E-state index in [0.29, 0.717) is 18.4 Å². The Labute approximate surface area is 337 Å². The largest absolute Gasteiger partial charge is 0.507 e. The van der Waals surface area contributed by atoms with Gasteiger partial charge in [-0.25, -0.2) is 0 Å². The normalized spacial score (nSPS) is 26.6. The monoisotopic (exact) mass is 816 g/mol. The van der Waals surface area contributed by atoms with Crippen molar-refractivity contribution >= 4 is 35.1 Å². The zero-order valence-electron chi connectivity index (χ0n) is 32.3. The van der Waals surface area contributed by atoms with Crippen LogP contribution in [-0.2, 0) is 30.3 Å². The molecule has 3 aromatic rings. The molecular formula is C41H44N4O14. The number of nitrogens with zero attached hydrogens (tertiary/aromatic N) is 2. The number of pyridine rings is 1. The Morgan fingerprint density at radius 1 is 1.05 bits per heavy atom. The molecule has 8 atom stereocenters. The second kappa shape index (κ2) is 16.1. The van der Waals surface area contributed by atoms with Gasteiger partial charge in [-0.2, -0.15) is 0 Å². The molecule has 18 nitrogen and oxygen atoms in total. The van der Waals surface area contributed by atoms with Crippen molar-refractivity contribution in [2.75, 3.05) is 20.3 Å². The van der Waals surface area contributed by atoms with E-state index in [1.54, 1.807) is 0 Å². The van der Waals surface area contributed by atoms with E-state index < -0.39 is 125 Å². The summed E-state index contributed by atoms with van der Waals surface area (Å²) < 4.78 is 17.6. The van der Waals surface area contributed by atoms with Crippen LogP contribution in [0.5, 0.6) is 17.2 Å². The molecule has 3 amide bonds. The number of carbonyl (C=O) groups is 6. The van der Waals surface area contributed by atoms with Gasteiger partial charge >= 0.3 is 0 Å².